The van der Waals surface area contributed by atoms with Gasteiger partial charge in [-0.05, 0) is 47.2 Å². The van der Waals surface area contributed by atoms with Gasteiger partial charge in [0.15, 0.2) is 0 Å². The van der Waals surface area contributed by atoms with E-state index in [0.717, 1.165) is 27.8 Å². The third-order valence-electron chi connectivity index (χ3n) is 4.15. The summed E-state index contributed by atoms with van der Waals surface area (Å²) in [4.78, 5) is 38.0. The van der Waals surface area contributed by atoms with Gasteiger partial charge in [-0.1, -0.05) is 42.5 Å². The normalized spacial score (nSPS) is 15.3. The second kappa shape index (κ2) is 9.75. The highest BCUT2D eigenvalue weighted by Gasteiger charge is 2.34. The van der Waals surface area contributed by atoms with Crippen molar-refractivity contribution in [3.63, 3.8) is 0 Å². The first-order chi connectivity index (χ1) is 14.1. The van der Waals surface area contributed by atoms with Crippen LogP contribution in [0.4, 0.5) is 4.79 Å². The highest BCUT2D eigenvalue weighted by molar-refractivity contribution is 8.18. The number of nitrogens with zero attached hydrogens (tertiary/aromatic N) is 1. The maximum absolute atomic E-state index is 12.5. The first-order valence-electron chi connectivity index (χ1n) is 8.97. The van der Waals surface area contributed by atoms with E-state index in [-0.39, 0.29) is 30.1 Å². The Hall–Kier alpha value is -3.32. The number of thioether (sulfide) groups is 1. The average Bonchev–Trinajstić information content (AvgIpc) is 3.01. The van der Waals surface area contributed by atoms with E-state index in [2.05, 4.69) is 5.32 Å². The van der Waals surface area contributed by atoms with E-state index in [0.29, 0.717) is 10.7 Å². The minimum atomic E-state index is -0.357. The maximum atomic E-state index is 12.5. The van der Waals surface area contributed by atoms with Gasteiger partial charge < -0.3 is 10.1 Å². The van der Waals surface area contributed by atoms with E-state index in [1.165, 1.54) is 6.08 Å². The molecule has 0 spiro atoms. The molecule has 2 aromatic carbocycles. The summed E-state index contributed by atoms with van der Waals surface area (Å²) >= 11 is 0.894. The zero-order chi connectivity index (χ0) is 20.6. The Labute approximate surface area is 173 Å². The lowest BCUT2D eigenvalue weighted by atomic mass is 10.2. The third-order valence-corrected chi connectivity index (χ3v) is 5.06. The molecule has 3 rings (SSSR count). The summed E-state index contributed by atoms with van der Waals surface area (Å²) in [5, 5.41) is 2.34. The van der Waals surface area contributed by atoms with Crippen molar-refractivity contribution in [1.82, 2.24) is 10.2 Å². The van der Waals surface area contributed by atoms with Crippen LogP contribution < -0.4 is 10.1 Å². The van der Waals surface area contributed by atoms with Gasteiger partial charge in [-0.2, -0.15) is 0 Å². The first kappa shape index (κ1) is 20.4. The number of amides is 3. The van der Waals surface area contributed by atoms with Crippen LogP contribution in [-0.4, -0.2) is 42.2 Å². The van der Waals surface area contributed by atoms with Gasteiger partial charge in [-0.25, -0.2) is 0 Å². The van der Waals surface area contributed by atoms with E-state index in [1.807, 2.05) is 42.5 Å². The SMILES string of the molecule is COc1ccc(/C=C2\SC(=O)N(CCNC(=O)/C=C/c3ccccc3)C2=O)cc1. The highest BCUT2D eigenvalue weighted by Crippen LogP contribution is 2.32. The number of hydrogen-bond donors (Lipinski definition) is 1. The number of hydrogen-bond acceptors (Lipinski definition) is 5. The van der Waals surface area contributed by atoms with Gasteiger partial charge >= 0.3 is 0 Å². The molecular formula is C22H20N2O4S. The van der Waals surface area contributed by atoms with Gasteiger partial charge in [0.2, 0.25) is 5.91 Å². The summed E-state index contributed by atoms with van der Waals surface area (Å²) in [5.41, 5.74) is 1.72. The molecule has 0 aliphatic carbocycles. The van der Waals surface area contributed by atoms with Crippen LogP contribution in [0.15, 0.2) is 65.6 Å². The molecule has 1 aliphatic rings. The Morgan fingerprint density at radius 1 is 1.07 bits per heavy atom. The minimum absolute atomic E-state index is 0.121. The average molecular weight is 408 g/mol. The molecule has 29 heavy (non-hydrogen) atoms. The summed E-state index contributed by atoms with van der Waals surface area (Å²) in [5.74, 6) is 0.0757. The number of imide groups is 1. The number of nitrogens with one attached hydrogen (secondary N) is 1. The number of ether oxygens (including phenoxy) is 1. The van der Waals surface area contributed by atoms with Crippen LogP contribution in [0, 0.1) is 0 Å². The predicted molar refractivity (Wildman–Crippen MR) is 114 cm³/mol. The zero-order valence-corrected chi connectivity index (χ0v) is 16.6. The van der Waals surface area contributed by atoms with Crippen molar-refractivity contribution in [2.45, 2.75) is 0 Å². The number of carbonyl (C=O) groups excluding carboxylic acids is 3. The Morgan fingerprint density at radius 2 is 1.79 bits per heavy atom. The number of benzene rings is 2. The summed E-state index contributed by atoms with van der Waals surface area (Å²) in [7, 11) is 1.58. The van der Waals surface area contributed by atoms with Gasteiger partial charge in [0.05, 0.1) is 12.0 Å². The molecule has 0 atom stereocenters. The number of rotatable bonds is 7. The van der Waals surface area contributed by atoms with Crippen molar-refractivity contribution in [2.24, 2.45) is 0 Å². The molecule has 1 aliphatic heterocycles. The molecule has 0 aromatic heterocycles. The minimum Gasteiger partial charge on any atom is -0.497 e. The lowest BCUT2D eigenvalue weighted by Gasteiger charge is -2.12. The van der Waals surface area contributed by atoms with Gasteiger partial charge in [0.25, 0.3) is 11.1 Å². The van der Waals surface area contributed by atoms with Crippen molar-refractivity contribution >= 4 is 41.0 Å². The monoisotopic (exact) mass is 408 g/mol. The van der Waals surface area contributed by atoms with Crippen molar-refractivity contribution in [1.29, 1.82) is 0 Å². The lowest BCUT2D eigenvalue weighted by molar-refractivity contribution is -0.123. The fourth-order valence-corrected chi connectivity index (χ4v) is 3.50. The van der Waals surface area contributed by atoms with Gasteiger partial charge in [-0.3, -0.25) is 19.3 Å². The topological polar surface area (TPSA) is 75.7 Å². The van der Waals surface area contributed by atoms with E-state index in [4.69, 9.17) is 4.74 Å². The molecule has 6 nitrogen and oxygen atoms in total. The molecule has 1 heterocycles. The van der Waals surface area contributed by atoms with Crippen LogP contribution in [0.2, 0.25) is 0 Å². The number of carbonyl (C=O) groups is 3. The summed E-state index contributed by atoms with van der Waals surface area (Å²) < 4.78 is 5.11. The first-order valence-corrected chi connectivity index (χ1v) is 9.79. The standard InChI is InChI=1S/C22H20N2O4S/c1-28-18-10-7-17(8-11-18)15-19-21(26)24(22(27)29-19)14-13-23-20(25)12-9-16-5-3-2-4-6-16/h2-12,15H,13-14H2,1H3,(H,23,25)/b12-9+,19-15-. The quantitative estimate of drug-likeness (QED) is 0.709. The predicted octanol–water partition coefficient (Wildman–Crippen LogP) is 3.56. The molecule has 2 aromatic rings. The van der Waals surface area contributed by atoms with E-state index in [1.54, 1.807) is 31.4 Å². The summed E-state index contributed by atoms with van der Waals surface area (Å²) in [6, 6.07) is 16.6. The molecular weight excluding hydrogens is 388 g/mol. The Bertz CT molecular complexity index is 953. The second-order valence-corrected chi connectivity index (χ2v) is 7.13. The molecule has 0 radical (unpaired) electrons. The van der Waals surface area contributed by atoms with E-state index in [9.17, 15) is 14.4 Å². The van der Waals surface area contributed by atoms with Crippen molar-refractivity contribution in [2.75, 3.05) is 20.2 Å². The molecule has 1 fully saturated rings. The Balaban J connectivity index is 1.52. The summed E-state index contributed by atoms with van der Waals surface area (Å²) in [6.45, 7) is 0.307. The third kappa shape index (κ3) is 5.58. The van der Waals surface area contributed by atoms with Crippen LogP contribution in [0.3, 0.4) is 0 Å². The van der Waals surface area contributed by atoms with E-state index >= 15 is 0 Å². The maximum Gasteiger partial charge on any atom is 0.293 e. The van der Waals surface area contributed by atoms with Crippen LogP contribution in [0.1, 0.15) is 11.1 Å². The second-order valence-electron chi connectivity index (χ2n) is 6.14. The van der Waals surface area contributed by atoms with Gasteiger partial charge in [0.1, 0.15) is 5.75 Å². The van der Waals surface area contributed by atoms with E-state index < -0.39 is 0 Å². The molecule has 3 amide bonds. The largest absolute Gasteiger partial charge is 0.497 e. The lowest BCUT2D eigenvalue weighted by Crippen LogP contribution is -2.36. The van der Waals surface area contributed by atoms with Crippen LogP contribution >= 0.6 is 11.8 Å². The Kier molecular flexibility index (Phi) is 6.86. The molecule has 0 unspecified atom stereocenters. The van der Waals surface area contributed by atoms with Crippen molar-refractivity contribution < 1.29 is 19.1 Å². The van der Waals surface area contributed by atoms with Gasteiger partial charge in [0, 0.05) is 19.2 Å². The molecule has 7 heteroatoms. The highest BCUT2D eigenvalue weighted by atomic mass is 32.2. The smallest absolute Gasteiger partial charge is 0.293 e. The van der Waals surface area contributed by atoms with Crippen molar-refractivity contribution in [3.05, 3.63) is 76.7 Å². The molecule has 1 saturated heterocycles. The fourth-order valence-electron chi connectivity index (χ4n) is 2.63. The number of methoxy groups -OCH3 is 1. The van der Waals surface area contributed by atoms with Crippen LogP contribution in [0.5, 0.6) is 5.75 Å². The molecule has 1 N–H and O–H groups in total. The molecule has 0 saturated carbocycles. The van der Waals surface area contributed by atoms with Crippen molar-refractivity contribution in [3.8, 4) is 5.75 Å². The van der Waals surface area contributed by atoms with Gasteiger partial charge in [-0.15, -0.1) is 0 Å². The van der Waals surface area contributed by atoms with Crippen LogP contribution in [0.25, 0.3) is 12.2 Å². The Morgan fingerprint density at radius 3 is 2.48 bits per heavy atom. The zero-order valence-electron chi connectivity index (χ0n) is 15.8. The molecule has 0 bridgehead atoms. The summed E-state index contributed by atoms with van der Waals surface area (Å²) in [6.07, 6.45) is 4.80. The fraction of sp³-hybridized carbons (Fsp3) is 0.136. The van der Waals surface area contributed by atoms with Crippen LogP contribution in [-0.2, 0) is 9.59 Å². The molecule has 148 valence electrons.